The van der Waals surface area contributed by atoms with Crippen molar-refractivity contribution in [2.75, 3.05) is 13.7 Å². The topological polar surface area (TPSA) is 72.5 Å². The molecular formula is C10H11ClINO4S. The van der Waals surface area contributed by atoms with Crippen molar-refractivity contribution in [3.63, 3.8) is 0 Å². The van der Waals surface area contributed by atoms with Gasteiger partial charge in [0.2, 0.25) is 10.0 Å². The Hall–Kier alpha value is -0.380. The van der Waals surface area contributed by atoms with Crippen molar-refractivity contribution in [3.8, 4) is 0 Å². The molecule has 1 aromatic carbocycles. The number of carbonyl (C=O) groups is 1. The zero-order valence-electron chi connectivity index (χ0n) is 9.39. The van der Waals surface area contributed by atoms with Crippen LogP contribution in [-0.4, -0.2) is 32.0 Å². The second-order valence-corrected chi connectivity index (χ2v) is 6.92. The van der Waals surface area contributed by atoms with Crippen LogP contribution >= 0.6 is 34.2 Å². The third-order valence-electron chi connectivity index (χ3n) is 2.04. The molecular weight excluding hydrogens is 393 g/mol. The SMILES string of the molecule is COC(=O)C(I)CNS(=O)(=O)c1ccccc1Cl. The van der Waals surface area contributed by atoms with Crippen molar-refractivity contribution in [2.45, 2.75) is 8.82 Å². The molecule has 0 heterocycles. The molecule has 1 aromatic rings. The Morgan fingerprint density at radius 2 is 2.11 bits per heavy atom. The monoisotopic (exact) mass is 403 g/mol. The van der Waals surface area contributed by atoms with Crippen LogP contribution in [-0.2, 0) is 19.6 Å². The molecule has 0 spiro atoms. The van der Waals surface area contributed by atoms with Crippen molar-refractivity contribution in [3.05, 3.63) is 29.3 Å². The van der Waals surface area contributed by atoms with Gasteiger partial charge in [-0.3, -0.25) is 4.79 Å². The number of halogens is 2. The van der Waals surface area contributed by atoms with Gasteiger partial charge in [0.1, 0.15) is 8.82 Å². The van der Waals surface area contributed by atoms with Gasteiger partial charge < -0.3 is 4.74 Å². The van der Waals surface area contributed by atoms with Crippen LogP contribution in [0.2, 0.25) is 5.02 Å². The normalized spacial score (nSPS) is 13.1. The minimum atomic E-state index is -3.72. The third kappa shape index (κ3) is 4.08. The van der Waals surface area contributed by atoms with Crippen LogP contribution in [0.3, 0.4) is 0 Å². The minimum Gasteiger partial charge on any atom is -0.468 e. The van der Waals surface area contributed by atoms with E-state index in [9.17, 15) is 13.2 Å². The van der Waals surface area contributed by atoms with E-state index in [-0.39, 0.29) is 16.5 Å². The van der Waals surface area contributed by atoms with Gasteiger partial charge in [0, 0.05) is 6.54 Å². The van der Waals surface area contributed by atoms with Gasteiger partial charge in [-0.05, 0) is 12.1 Å². The number of rotatable bonds is 5. The van der Waals surface area contributed by atoms with E-state index in [1.54, 1.807) is 34.7 Å². The van der Waals surface area contributed by atoms with Gasteiger partial charge >= 0.3 is 5.97 Å². The second kappa shape index (κ2) is 6.69. The molecule has 0 aliphatic heterocycles. The Morgan fingerprint density at radius 3 is 2.67 bits per heavy atom. The number of nitrogens with one attached hydrogen (secondary N) is 1. The van der Waals surface area contributed by atoms with Crippen molar-refractivity contribution in [1.29, 1.82) is 0 Å². The van der Waals surface area contributed by atoms with Crippen LogP contribution < -0.4 is 4.72 Å². The number of hydrogen-bond acceptors (Lipinski definition) is 4. The Bertz CT molecular complexity index is 534. The summed E-state index contributed by atoms with van der Waals surface area (Å²) >= 11 is 7.60. The number of benzene rings is 1. The summed E-state index contributed by atoms with van der Waals surface area (Å²) in [4.78, 5) is 11.1. The molecule has 0 amide bonds. The van der Waals surface area contributed by atoms with Crippen LogP contribution in [0.1, 0.15) is 0 Å². The van der Waals surface area contributed by atoms with Gasteiger partial charge in [-0.1, -0.05) is 46.3 Å². The largest absolute Gasteiger partial charge is 0.468 e. The molecule has 1 rings (SSSR count). The molecule has 0 aromatic heterocycles. The van der Waals surface area contributed by atoms with Crippen LogP contribution in [0.15, 0.2) is 29.2 Å². The van der Waals surface area contributed by atoms with E-state index in [1.165, 1.54) is 19.2 Å². The quantitative estimate of drug-likeness (QED) is 0.460. The lowest BCUT2D eigenvalue weighted by Crippen LogP contribution is -2.34. The molecule has 0 radical (unpaired) electrons. The van der Waals surface area contributed by atoms with Crippen molar-refractivity contribution in [1.82, 2.24) is 4.72 Å². The molecule has 1 unspecified atom stereocenters. The summed E-state index contributed by atoms with van der Waals surface area (Å²) in [5.74, 6) is -0.488. The number of esters is 1. The third-order valence-corrected chi connectivity index (χ3v) is 4.91. The van der Waals surface area contributed by atoms with E-state index >= 15 is 0 Å². The van der Waals surface area contributed by atoms with Crippen LogP contribution in [0, 0.1) is 0 Å². The van der Waals surface area contributed by atoms with E-state index in [4.69, 9.17) is 11.6 Å². The van der Waals surface area contributed by atoms with E-state index in [0.29, 0.717) is 0 Å². The highest BCUT2D eigenvalue weighted by atomic mass is 127. The van der Waals surface area contributed by atoms with E-state index < -0.39 is 19.9 Å². The molecule has 0 bridgehead atoms. The first-order chi connectivity index (χ1) is 8.38. The first kappa shape index (κ1) is 15.7. The van der Waals surface area contributed by atoms with E-state index in [0.717, 1.165) is 0 Å². The number of ether oxygens (including phenoxy) is 1. The molecule has 0 saturated carbocycles. The molecule has 8 heteroatoms. The summed E-state index contributed by atoms with van der Waals surface area (Å²) in [7, 11) is -2.48. The number of alkyl halides is 1. The average molecular weight is 404 g/mol. The number of hydrogen-bond donors (Lipinski definition) is 1. The van der Waals surface area contributed by atoms with Crippen molar-refractivity contribution < 1.29 is 17.9 Å². The fourth-order valence-corrected chi connectivity index (χ4v) is 3.47. The lowest BCUT2D eigenvalue weighted by molar-refractivity contribution is -0.139. The van der Waals surface area contributed by atoms with Gasteiger partial charge in [-0.25, -0.2) is 13.1 Å². The molecule has 0 aliphatic rings. The summed E-state index contributed by atoms with van der Waals surface area (Å²) in [6.07, 6.45) is 0. The maximum Gasteiger partial charge on any atom is 0.319 e. The minimum absolute atomic E-state index is 0.0138. The Labute approximate surface area is 124 Å². The first-order valence-electron chi connectivity index (χ1n) is 4.84. The summed E-state index contributed by atoms with van der Waals surface area (Å²) in [5.41, 5.74) is 0. The molecule has 0 fully saturated rings. The van der Waals surface area contributed by atoms with Gasteiger partial charge in [0.05, 0.1) is 12.1 Å². The average Bonchev–Trinajstić information content (AvgIpc) is 2.35. The predicted octanol–water partition coefficient (Wildman–Crippen LogP) is 1.59. The summed E-state index contributed by atoms with van der Waals surface area (Å²) in [6, 6.07) is 6.09. The Morgan fingerprint density at radius 1 is 1.50 bits per heavy atom. The van der Waals surface area contributed by atoms with Gasteiger partial charge in [-0.15, -0.1) is 0 Å². The Kier molecular flexibility index (Phi) is 5.83. The zero-order chi connectivity index (χ0) is 13.8. The predicted molar refractivity (Wildman–Crippen MR) is 76.5 cm³/mol. The smallest absolute Gasteiger partial charge is 0.319 e. The summed E-state index contributed by atoms with van der Waals surface area (Å²) in [6.45, 7) is -0.0548. The number of carbonyl (C=O) groups excluding carboxylic acids is 1. The highest BCUT2D eigenvalue weighted by Crippen LogP contribution is 2.20. The van der Waals surface area contributed by atoms with Crippen molar-refractivity contribution in [2.24, 2.45) is 0 Å². The van der Waals surface area contributed by atoms with E-state index in [2.05, 4.69) is 9.46 Å². The highest BCUT2D eigenvalue weighted by molar-refractivity contribution is 14.1. The number of methoxy groups -OCH3 is 1. The van der Waals surface area contributed by atoms with Gasteiger partial charge in [0.25, 0.3) is 0 Å². The molecule has 5 nitrogen and oxygen atoms in total. The fraction of sp³-hybridized carbons (Fsp3) is 0.300. The standard InChI is InChI=1S/C10H11ClINO4S/c1-17-10(14)8(12)6-13-18(15,16)9-5-3-2-4-7(9)11/h2-5,8,13H,6H2,1H3. The fourth-order valence-electron chi connectivity index (χ4n) is 1.13. The van der Waals surface area contributed by atoms with Crippen molar-refractivity contribution >= 4 is 50.2 Å². The maximum absolute atomic E-state index is 11.9. The molecule has 1 atom stereocenters. The first-order valence-corrected chi connectivity index (χ1v) is 7.95. The molecule has 0 aliphatic carbocycles. The number of sulfonamides is 1. The molecule has 100 valence electrons. The maximum atomic E-state index is 11.9. The molecule has 0 saturated heterocycles. The second-order valence-electron chi connectivity index (χ2n) is 3.27. The summed E-state index contributed by atoms with van der Waals surface area (Å²) < 4.78 is 30.1. The molecule has 1 N–H and O–H groups in total. The Balaban J connectivity index is 2.78. The van der Waals surface area contributed by atoms with Crippen LogP contribution in [0.25, 0.3) is 0 Å². The van der Waals surface area contributed by atoms with Gasteiger partial charge in [0.15, 0.2) is 0 Å². The van der Waals surface area contributed by atoms with Crippen LogP contribution in [0.5, 0.6) is 0 Å². The van der Waals surface area contributed by atoms with Crippen LogP contribution in [0.4, 0.5) is 0 Å². The molecule has 18 heavy (non-hydrogen) atoms. The van der Waals surface area contributed by atoms with E-state index in [1.807, 2.05) is 0 Å². The zero-order valence-corrected chi connectivity index (χ0v) is 13.1. The summed E-state index contributed by atoms with van der Waals surface area (Å²) in [5, 5.41) is 0.132. The lowest BCUT2D eigenvalue weighted by Gasteiger charge is -2.10. The lowest BCUT2D eigenvalue weighted by atomic mass is 10.4. The van der Waals surface area contributed by atoms with Gasteiger partial charge in [-0.2, -0.15) is 0 Å². The highest BCUT2D eigenvalue weighted by Gasteiger charge is 2.21.